The van der Waals surface area contributed by atoms with E-state index >= 15 is 0 Å². The molecule has 1 aliphatic rings. The topological polar surface area (TPSA) is 45.7 Å². The minimum atomic E-state index is 0.0244. The molecule has 1 saturated heterocycles. The van der Waals surface area contributed by atoms with Crippen LogP contribution < -0.4 is 4.90 Å². The molecule has 1 aliphatic heterocycles. The average Bonchev–Trinajstić information content (AvgIpc) is 3.16. The molecule has 0 bridgehead atoms. The van der Waals surface area contributed by atoms with Crippen LogP contribution in [0.25, 0.3) is 10.2 Å². The summed E-state index contributed by atoms with van der Waals surface area (Å²) in [5.41, 5.74) is 3.75. The summed E-state index contributed by atoms with van der Waals surface area (Å²) in [7, 11) is 0. The lowest BCUT2D eigenvalue weighted by atomic mass is 10.0. The van der Waals surface area contributed by atoms with Gasteiger partial charge < -0.3 is 4.74 Å². The molecule has 0 saturated carbocycles. The first kappa shape index (κ1) is 21.4. The number of halogens is 1. The number of aryl methyl sites for hydroxylation is 2. The molecule has 0 atom stereocenters. The molecule has 5 nitrogen and oxygen atoms in total. The van der Waals surface area contributed by atoms with Crippen molar-refractivity contribution in [1.82, 2.24) is 9.88 Å². The highest BCUT2D eigenvalue weighted by Gasteiger charge is 2.23. The molecule has 0 spiro atoms. The second kappa shape index (κ2) is 9.56. The number of morpholine rings is 1. The number of ether oxygens (including phenoxy) is 1. The Labute approximate surface area is 189 Å². The summed E-state index contributed by atoms with van der Waals surface area (Å²) >= 11 is 5.10. The van der Waals surface area contributed by atoms with Gasteiger partial charge in [-0.3, -0.25) is 14.6 Å². The predicted octanol–water partition coefficient (Wildman–Crippen LogP) is 5.04. The van der Waals surface area contributed by atoms with Crippen LogP contribution in [0.3, 0.4) is 0 Å². The third kappa shape index (κ3) is 4.91. The van der Waals surface area contributed by atoms with Gasteiger partial charge in [-0.05, 0) is 50.1 Å². The third-order valence-corrected chi connectivity index (χ3v) is 6.93. The third-order valence-electron chi connectivity index (χ3n) is 5.40. The van der Waals surface area contributed by atoms with E-state index in [-0.39, 0.29) is 5.91 Å². The maximum absolute atomic E-state index is 13.6. The van der Waals surface area contributed by atoms with Crippen molar-refractivity contribution in [1.29, 1.82) is 0 Å². The van der Waals surface area contributed by atoms with Crippen LogP contribution in [0.4, 0.5) is 5.13 Å². The van der Waals surface area contributed by atoms with Crippen molar-refractivity contribution >= 4 is 48.5 Å². The molecule has 3 aromatic rings. The van der Waals surface area contributed by atoms with E-state index in [0.717, 1.165) is 75.8 Å². The van der Waals surface area contributed by atoms with Crippen LogP contribution in [0, 0.1) is 13.8 Å². The summed E-state index contributed by atoms with van der Waals surface area (Å²) in [5, 5.41) is 0.760. The number of nitrogens with zero attached hydrogens (tertiary/aromatic N) is 3. The molecule has 0 radical (unpaired) electrons. The smallest absolute Gasteiger partial charge is 0.260 e. The molecular formula is C23H26BrN3O2S. The summed E-state index contributed by atoms with van der Waals surface area (Å²) in [6.45, 7) is 9.11. The highest BCUT2D eigenvalue weighted by atomic mass is 79.9. The lowest BCUT2D eigenvalue weighted by molar-refractivity contribution is 0.0376. The monoisotopic (exact) mass is 487 g/mol. The number of hydrogen-bond acceptors (Lipinski definition) is 5. The van der Waals surface area contributed by atoms with Crippen molar-refractivity contribution < 1.29 is 9.53 Å². The van der Waals surface area contributed by atoms with Crippen molar-refractivity contribution in [3.05, 3.63) is 57.6 Å². The molecule has 7 heteroatoms. The van der Waals surface area contributed by atoms with E-state index in [9.17, 15) is 4.79 Å². The fourth-order valence-electron chi connectivity index (χ4n) is 3.67. The van der Waals surface area contributed by atoms with Crippen LogP contribution in [0.5, 0.6) is 0 Å². The number of anilines is 1. The molecule has 2 heterocycles. The van der Waals surface area contributed by atoms with Gasteiger partial charge in [-0.1, -0.05) is 45.0 Å². The van der Waals surface area contributed by atoms with Gasteiger partial charge in [0.25, 0.3) is 5.91 Å². The van der Waals surface area contributed by atoms with Crippen molar-refractivity contribution in [2.24, 2.45) is 0 Å². The van der Waals surface area contributed by atoms with Crippen molar-refractivity contribution in [2.45, 2.75) is 20.3 Å². The van der Waals surface area contributed by atoms with Crippen LogP contribution in [0.1, 0.15) is 27.9 Å². The Hall–Kier alpha value is -1.80. The largest absolute Gasteiger partial charge is 0.379 e. The standard InChI is InChI=1S/C23H26BrN3O2S/c1-16-4-5-17(2)19(14-16)22(28)27(9-3-8-26-10-12-29-13-11-26)23-25-20-7-6-18(24)15-21(20)30-23/h4-7,14-15H,3,8-13H2,1-2H3. The van der Waals surface area contributed by atoms with Crippen LogP contribution in [-0.4, -0.2) is 55.2 Å². The number of carbonyl (C=O) groups is 1. The summed E-state index contributed by atoms with van der Waals surface area (Å²) in [6, 6.07) is 12.1. The maximum Gasteiger partial charge on any atom is 0.260 e. The first-order chi connectivity index (χ1) is 14.5. The molecule has 158 valence electrons. The Balaban J connectivity index is 1.60. The number of rotatable bonds is 6. The van der Waals surface area contributed by atoms with Crippen molar-refractivity contribution in [3.63, 3.8) is 0 Å². The zero-order valence-corrected chi connectivity index (χ0v) is 19.8. The summed E-state index contributed by atoms with van der Waals surface area (Å²) < 4.78 is 7.54. The summed E-state index contributed by atoms with van der Waals surface area (Å²) in [6.07, 6.45) is 0.899. The molecule has 1 amide bonds. The summed E-state index contributed by atoms with van der Waals surface area (Å²) in [5.74, 6) is 0.0244. The van der Waals surface area contributed by atoms with E-state index in [1.165, 1.54) is 0 Å². The number of amides is 1. The van der Waals surface area contributed by atoms with Crippen LogP contribution in [0.2, 0.25) is 0 Å². The molecule has 4 rings (SSSR count). The molecule has 2 aromatic carbocycles. The Bertz CT molecular complexity index is 1050. The van der Waals surface area contributed by atoms with Crippen molar-refractivity contribution in [2.75, 3.05) is 44.3 Å². The van der Waals surface area contributed by atoms with E-state index in [0.29, 0.717) is 6.54 Å². The molecular weight excluding hydrogens is 462 g/mol. The highest BCUT2D eigenvalue weighted by Crippen LogP contribution is 2.32. The molecule has 30 heavy (non-hydrogen) atoms. The number of aromatic nitrogens is 1. The molecule has 0 unspecified atom stereocenters. The van der Waals surface area contributed by atoms with Gasteiger partial charge in [0.1, 0.15) is 0 Å². The normalized spacial score (nSPS) is 14.9. The van der Waals surface area contributed by atoms with Gasteiger partial charge in [0.05, 0.1) is 23.4 Å². The number of hydrogen-bond donors (Lipinski definition) is 0. The fourth-order valence-corrected chi connectivity index (χ4v) is 5.22. The Morgan fingerprint density at radius 3 is 2.80 bits per heavy atom. The van der Waals surface area contributed by atoms with Crippen LogP contribution >= 0.6 is 27.3 Å². The zero-order valence-electron chi connectivity index (χ0n) is 17.4. The van der Waals surface area contributed by atoms with Gasteiger partial charge >= 0.3 is 0 Å². The van der Waals surface area contributed by atoms with E-state index in [1.807, 2.05) is 49.1 Å². The molecule has 0 aliphatic carbocycles. The van der Waals surface area contributed by atoms with E-state index < -0.39 is 0 Å². The minimum absolute atomic E-state index is 0.0244. The lowest BCUT2D eigenvalue weighted by Crippen LogP contribution is -2.39. The lowest BCUT2D eigenvalue weighted by Gasteiger charge is -2.28. The summed E-state index contributed by atoms with van der Waals surface area (Å²) in [4.78, 5) is 22.6. The first-order valence-corrected chi connectivity index (χ1v) is 11.9. The number of carbonyl (C=O) groups excluding carboxylic acids is 1. The van der Waals surface area contributed by atoms with Gasteiger partial charge in [0, 0.05) is 36.2 Å². The maximum atomic E-state index is 13.6. The van der Waals surface area contributed by atoms with E-state index in [1.54, 1.807) is 11.3 Å². The Kier molecular flexibility index (Phi) is 6.83. The predicted molar refractivity (Wildman–Crippen MR) is 127 cm³/mol. The average molecular weight is 488 g/mol. The van der Waals surface area contributed by atoms with Crippen LogP contribution in [0.15, 0.2) is 40.9 Å². The first-order valence-electron chi connectivity index (χ1n) is 10.3. The molecule has 0 N–H and O–H groups in total. The van der Waals surface area contributed by atoms with Gasteiger partial charge in [-0.25, -0.2) is 4.98 Å². The fraction of sp³-hybridized carbons (Fsp3) is 0.391. The Morgan fingerprint density at radius 1 is 1.20 bits per heavy atom. The number of fused-ring (bicyclic) bond motifs is 1. The van der Waals surface area contributed by atoms with E-state index in [2.05, 4.69) is 26.9 Å². The second-order valence-corrected chi connectivity index (χ2v) is 9.62. The quantitative estimate of drug-likeness (QED) is 0.488. The number of benzene rings is 2. The minimum Gasteiger partial charge on any atom is -0.379 e. The van der Waals surface area contributed by atoms with E-state index in [4.69, 9.17) is 9.72 Å². The Morgan fingerprint density at radius 2 is 2.00 bits per heavy atom. The number of thiazole rings is 1. The van der Waals surface area contributed by atoms with Gasteiger partial charge in [0.15, 0.2) is 5.13 Å². The highest BCUT2D eigenvalue weighted by molar-refractivity contribution is 9.10. The van der Waals surface area contributed by atoms with Crippen LogP contribution in [-0.2, 0) is 4.74 Å². The second-order valence-electron chi connectivity index (χ2n) is 7.69. The van der Waals surface area contributed by atoms with Gasteiger partial charge in [0.2, 0.25) is 0 Å². The zero-order chi connectivity index (χ0) is 21.1. The van der Waals surface area contributed by atoms with Crippen molar-refractivity contribution in [3.8, 4) is 0 Å². The molecule has 1 fully saturated rings. The van der Waals surface area contributed by atoms with Gasteiger partial charge in [-0.2, -0.15) is 0 Å². The SMILES string of the molecule is Cc1ccc(C)c(C(=O)N(CCCN2CCOCC2)c2nc3ccc(Br)cc3s2)c1. The van der Waals surface area contributed by atoms with Gasteiger partial charge in [-0.15, -0.1) is 0 Å². The molecule has 1 aromatic heterocycles.